The lowest BCUT2D eigenvalue weighted by Gasteiger charge is -2.31. The molecule has 0 spiro atoms. The van der Waals surface area contributed by atoms with Gasteiger partial charge in [-0.3, -0.25) is 9.59 Å². The molecule has 0 aliphatic carbocycles. The van der Waals surface area contributed by atoms with Gasteiger partial charge in [0.2, 0.25) is 11.8 Å². The number of hydrogen-bond acceptors (Lipinski definition) is 4. The highest BCUT2D eigenvalue weighted by Crippen LogP contribution is 2.18. The van der Waals surface area contributed by atoms with E-state index in [-0.39, 0.29) is 17.7 Å². The quantitative estimate of drug-likeness (QED) is 0.673. The highest BCUT2D eigenvalue weighted by Gasteiger charge is 2.26. The number of carbonyl (C=O) groups is 2. The molecule has 2 aromatic rings. The summed E-state index contributed by atoms with van der Waals surface area (Å²) in [6.45, 7) is 2.23. The maximum Gasteiger partial charge on any atom is 0.225 e. The van der Waals surface area contributed by atoms with E-state index >= 15 is 0 Å². The van der Waals surface area contributed by atoms with Crippen molar-refractivity contribution in [1.82, 2.24) is 10.2 Å². The maximum absolute atomic E-state index is 12.4. The third-order valence-electron chi connectivity index (χ3n) is 5.24. The molecule has 0 atom stereocenters. The van der Waals surface area contributed by atoms with E-state index in [0.29, 0.717) is 45.5 Å². The van der Waals surface area contributed by atoms with Gasteiger partial charge in [-0.25, -0.2) is 0 Å². The first-order chi connectivity index (χ1) is 14.1. The van der Waals surface area contributed by atoms with Crippen LogP contribution in [0.5, 0.6) is 5.75 Å². The molecule has 2 amide bonds. The summed E-state index contributed by atoms with van der Waals surface area (Å²) in [5.74, 6) is 0.920. The van der Waals surface area contributed by atoms with Gasteiger partial charge in [0.25, 0.3) is 0 Å². The van der Waals surface area contributed by atoms with Crippen molar-refractivity contribution in [3.05, 3.63) is 60.2 Å². The van der Waals surface area contributed by atoms with Crippen LogP contribution in [0, 0.1) is 5.92 Å². The third-order valence-corrected chi connectivity index (χ3v) is 5.24. The molecule has 2 aromatic carbocycles. The molecule has 1 heterocycles. The average Bonchev–Trinajstić information content (AvgIpc) is 2.76. The number of para-hydroxylation sites is 1. The fourth-order valence-electron chi connectivity index (χ4n) is 3.48. The second kappa shape index (κ2) is 10.5. The Hall–Kier alpha value is -3.02. The van der Waals surface area contributed by atoms with E-state index in [1.165, 1.54) is 0 Å². The van der Waals surface area contributed by atoms with E-state index in [9.17, 15) is 9.59 Å². The lowest BCUT2D eigenvalue weighted by atomic mass is 9.95. The van der Waals surface area contributed by atoms with Gasteiger partial charge < -0.3 is 20.7 Å². The number of anilines is 1. The molecular weight excluding hydrogens is 366 g/mol. The van der Waals surface area contributed by atoms with Gasteiger partial charge in [0, 0.05) is 31.2 Å². The molecule has 154 valence electrons. The van der Waals surface area contributed by atoms with Gasteiger partial charge in [-0.2, -0.15) is 0 Å². The number of piperidine rings is 1. The van der Waals surface area contributed by atoms with Crippen LogP contribution in [0.3, 0.4) is 0 Å². The number of ether oxygens (including phenoxy) is 1. The summed E-state index contributed by atoms with van der Waals surface area (Å²) in [7, 11) is 0. The fourth-order valence-corrected chi connectivity index (χ4v) is 3.48. The van der Waals surface area contributed by atoms with Crippen molar-refractivity contribution >= 4 is 17.5 Å². The monoisotopic (exact) mass is 395 g/mol. The average molecular weight is 396 g/mol. The molecule has 1 aliphatic heterocycles. The van der Waals surface area contributed by atoms with E-state index < -0.39 is 0 Å². The molecule has 3 rings (SSSR count). The SMILES string of the molecule is Nc1ccc(CCNC(=O)C2CCN(C(=O)CCOc3ccccc3)CC2)cc1. The second-order valence-corrected chi connectivity index (χ2v) is 7.35. The zero-order chi connectivity index (χ0) is 20.5. The molecule has 0 radical (unpaired) electrons. The van der Waals surface area contributed by atoms with Crippen LogP contribution < -0.4 is 15.8 Å². The third kappa shape index (κ3) is 6.52. The van der Waals surface area contributed by atoms with Gasteiger partial charge in [-0.1, -0.05) is 30.3 Å². The molecule has 0 bridgehead atoms. The zero-order valence-corrected chi connectivity index (χ0v) is 16.7. The van der Waals surface area contributed by atoms with Gasteiger partial charge >= 0.3 is 0 Å². The first-order valence-electron chi connectivity index (χ1n) is 10.2. The van der Waals surface area contributed by atoms with Crippen molar-refractivity contribution in [2.45, 2.75) is 25.7 Å². The molecule has 0 unspecified atom stereocenters. The van der Waals surface area contributed by atoms with Crippen molar-refractivity contribution in [2.75, 3.05) is 32.0 Å². The van der Waals surface area contributed by atoms with Crippen molar-refractivity contribution in [3.63, 3.8) is 0 Å². The molecule has 3 N–H and O–H groups in total. The second-order valence-electron chi connectivity index (χ2n) is 7.35. The summed E-state index contributed by atoms with van der Waals surface area (Å²) in [6.07, 6.45) is 2.55. The molecule has 29 heavy (non-hydrogen) atoms. The number of nitrogens with two attached hydrogens (primary N) is 1. The minimum atomic E-state index is -0.0222. The minimum absolute atomic E-state index is 0.0222. The summed E-state index contributed by atoms with van der Waals surface area (Å²) < 4.78 is 5.60. The van der Waals surface area contributed by atoms with Crippen molar-refractivity contribution < 1.29 is 14.3 Å². The lowest BCUT2D eigenvalue weighted by Crippen LogP contribution is -2.43. The van der Waals surface area contributed by atoms with Crippen LogP contribution >= 0.6 is 0 Å². The van der Waals surface area contributed by atoms with Crippen LogP contribution in [-0.2, 0) is 16.0 Å². The molecular formula is C23H29N3O3. The Morgan fingerprint density at radius 2 is 1.72 bits per heavy atom. The Morgan fingerprint density at radius 1 is 1.03 bits per heavy atom. The van der Waals surface area contributed by atoms with Gasteiger partial charge in [0.15, 0.2) is 0 Å². The predicted molar refractivity (Wildman–Crippen MR) is 113 cm³/mol. The van der Waals surface area contributed by atoms with Crippen LogP contribution in [0.2, 0.25) is 0 Å². The molecule has 6 nitrogen and oxygen atoms in total. The summed E-state index contributed by atoms with van der Waals surface area (Å²) >= 11 is 0. The van der Waals surface area contributed by atoms with Crippen molar-refractivity contribution in [1.29, 1.82) is 0 Å². The summed E-state index contributed by atoms with van der Waals surface area (Å²) in [4.78, 5) is 26.6. The van der Waals surface area contributed by atoms with Gasteiger partial charge in [-0.05, 0) is 49.1 Å². The Kier molecular flexibility index (Phi) is 7.50. The number of rotatable bonds is 8. The number of carbonyl (C=O) groups excluding carboxylic acids is 2. The van der Waals surface area contributed by atoms with Gasteiger partial charge in [0.1, 0.15) is 5.75 Å². The van der Waals surface area contributed by atoms with E-state index in [2.05, 4.69) is 5.32 Å². The van der Waals surface area contributed by atoms with Crippen LogP contribution in [0.25, 0.3) is 0 Å². The number of nitrogens with one attached hydrogen (secondary N) is 1. The number of nitrogens with zero attached hydrogens (tertiary/aromatic N) is 1. The normalized spacial score (nSPS) is 14.4. The van der Waals surface area contributed by atoms with Gasteiger partial charge in [-0.15, -0.1) is 0 Å². The van der Waals surface area contributed by atoms with E-state index in [4.69, 9.17) is 10.5 Å². The van der Waals surface area contributed by atoms with Crippen LogP contribution in [0.1, 0.15) is 24.8 Å². The smallest absolute Gasteiger partial charge is 0.225 e. The number of nitrogen functional groups attached to an aromatic ring is 1. The summed E-state index contributed by atoms with van der Waals surface area (Å²) in [5, 5.41) is 3.02. The summed E-state index contributed by atoms with van der Waals surface area (Å²) in [6, 6.07) is 17.2. The highest BCUT2D eigenvalue weighted by molar-refractivity contribution is 5.80. The van der Waals surface area contributed by atoms with E-state index in [1.54, 1.807) is 0 Å². The minimum Gasteiger partial charge on any atom is -0.493 e. The number of likely N-dealkylation sites (tertiary alicyclic amines) is 1. The number of hydrogen-bond donors (Lipinski definition) is 2. The summed E-state index contributed by atoms with van der Waals surface area (Å²) in [5.41, 5.74) is 7.57. The standard InChI is InChI=1S/C23H29N3O3/c24-20-8-6-18(7-9-20)10-14-25-23(28)19-11-15-26(16-12-19)22(27)13-17-29-21-4-2-1-3-5-21/h1-9,19H,10-17,24H2,(H,25,28). The number of benzene rings is 2. The Morgan fingerprint density at radius 3 is 2.41 bits per heavy atom. The Balaban J connectivity index is 1.32. The molecule has 1 aliphatic rings. The maximum atomic E-state index is 12.4. The number of amides is 2. The predicted octanol–water partition coefficient (Wildman–Crippen LogP) is 2.64. The van der Waals surface area contributed by atoms with Crippen LogP contribution in [0.15, 0.2) is 54.6 Å². The Bertz CT molecular complexity index is 785. The molecule has 1 saturated heterocycles. The first kappa shape index (κ1) is 20.7. The first-order valence-corrected chi connectivity index (χ1v) is 10.2. The van der Waals surface area contributed by atoms with Crippen LogP contribution in [0.4, 0.5) is 5.69 Å². The van der Waals surface area contributed by atoms with E-state index in [1.807, 2.05) is 59.5 Å². The highest BCUT2D eigenvalue weighted by atomic mass is 16.5. The zero-order valence-electron chi connectivity index (χ0n) is 16.7. The van der Waals surface area contributed by atoms with Crippen molar-refractivity contribution in [3.8, 4) is 5.75 Å². The van der Waals surface area contributed by atoms with Crippen molar-refractivity contribution in [2.24, 2.45) is 5.92 Å². The van der Waals surface area contributed by atoms with Gasteiger partial charge in [0.05, 0.1) is 13.0 Å². The molecule has 1 fully saturated rings. The van der Waals surface area contributed by atoms with E-state index in [0.717, 1.165) is 23.4 Å². The Labute approximate surface area is 172 Å². The molecule has 6 heteroatoms. The topological polar surface area (TPSA) is 84.7 Å². The lowest BCUT2D eigenvalue weighted by molar-refractivity contribution is -0.136. The van der Waals surface area contributed by atoms with Crippen LogP contribution in [-0.4, -0.2) is 43.0 Å². The molecule has 0 aromatic heterocycles. The largest absolute Gasteiger partial charge is 0.493 e. The molecule has 0 saturated carbocycles. The fraction of sp³-hybridized carbons (Fsp3) is 0.391.